The van der Waals surface area contributed by atoms with Gasteiger partial charge in [-0.1, -0.05) is 13.8 Å². The van der Waals surface area contributed by atoms with Gasteiger partial charge in [0.05, 0.1) is 5.51 Å². The standard InChI is InChI=1S/C11H18N2S/c1-9(2)13-7-11(3-4-11)5-10-6-12-8-14-10/h6,8-9,13H,3-5,7H2,1-2H3. The van der Waals surface area contributed by atoms with Crippen LogP contribution in [-0.4, -0.2) is 17.6 Å². The Kier molecular flexibility index (Phi) is 2.88. The van der Waals surface area contributed by atoms with Crippen LogP contribution in [0.5, 0.6) is 0 Å². The normalized spacial score (nSPS) is 18.8. The average Bonchev–Trinajstić information content (AvgIpc) is 2.70. The fourth-order valence-corrected chi connectivity index (χ4v) is 2.48. The van der Waals surface area contributed by atoms with E-state index in [-0.39, 0.29) is 0 Å². The zero-order valence-corrected chi connectivity index (χ0v) is 9.73. The summed E-state index contributed by atoms with van der Waals surface area (Å²) in [7, 11) is 0. The molecule has 0 bridgehead atoms. The van der Waals surface area contributed by atoms with Crippen molar-refractivity contribution in [2.45, 2.75) is 39.2 Å². The minimum atomic E-state index is 0.566. The van der Waals surface area contributed by atoms with Gasteiger partial charge >= 0.3 is 0 Å². The first kappa shape index (κ1) is 10.1. The van der Waals surface area contributed by atoms with Crippen LogP contribution < -0.4 is 5.32 Å². The van der Waals surface area contributed by atoms with Crippen LogP contribution >= 0.6 is 11.3 Å². The summed E-state index contributed by atoms with van der Waals surface area (Å²) >= 11 is 1.79. The summed E-state index contributed by atoms with van der Waals surface area (Å²) in [6.07, 6.45) is 5.99. The van der Waals surface area contributed by atoms with Crippen LogP contribution in [0.4, 0.5) is 0 Å². The average molecular weight is 210 g/mol. The summed E-state index contributed by atoms with van der Waals surface area (Å²) in [6, 6.07) is 0.605. The van der Waals surface area contributed by atoms with Gasteiger partial charge in [-0.2, -0.15) is 0 Å². The van der Waals surface area contributed by atoms with Crippen LogP contribution in [0.1, 0.15) is 31.6 Å². The molecule has 0 unspecified atom stereocenters. The van der Waals surface area contributed by atoms with Gasteiger partial charge in [0.15, 0.2) is 0 Å². The Balaban J connectivity index is 1.84. The van der Waals surface area contributed by atoms with Gasteiger partial charge < -0.3 is 5.32 Å². The van der Waals surface area contributed by atoms with Crippen molar-refractivity contribution in [1.82, 2.24) is 10.3 Å². The monoisotopic (exact) mass is 210 g/mol. The minimum Gasteiger partial charge on any atom is -0.314 e. The van der Waals surface area contributed by atoms with Crippen molar-refractivity contribution < 1.29 is 0 Å². The SMILES string of the molecule is CC(C)NCC1(Cc2cncs2)CC1. The van der Waals surface area contributed by atoms with E-state index < -0.39 is 0 Å². The second kappa shape index (κ2) is 3.99. The fraction of sp³-hybridized carbons (Fsp3) is 0.727. The zero-order chi connectivity index (χ0) is 10.0. The Hall–Kier alpha value is -0.410. The molecule has 1 aliphatic rings. The molecule has 1 aromatic heterocycles. The van der Waals surface area contributed by atoms with Crippen molar-refractivity contribution >= 4 is 11.3 Å². The second-order valence-corrected chi connectivity index (χ2v) is 5.65. The number of hydrogen-bond acceptors (Lipinski definition) is 3. The molecule has 2 nitrogen and oxygen atoms in total. The van der Waals surface area contributed by atoms with E-state index in [4.69, 9.17) is 0 Å². The summed E-state index contributed by atoms with van der Waals surface area (Å²) in [5.41, 5.74) is 2.50. The van der Waals surface area contributed by atoms with Gasteiger partial charge in [-0.05, 0) is 24.7 Å². The van der Waals surface area contributed by atoms with Crippen molar-refractivity contribution in [2.75, 3.05) is 6.54 Å². The highest BCUT2D eigenvalue weighted by Crippen LogP contribution is 2.48. The lowest BCUT2D eigenvalue weighted by Gasteiger charge is -2.16. The number of rotatable bonds is 5. The van der Waals surface area contributed by atoms with E-state index in [1.165, 1.54) is 30.7 Å². The van der Waals surface area contributed by atoms with Crippen LogP contribution in [0.3, 0.4) is 0 Å². The maximum absolute atomic E-state index is 4.13. The molecule has 78 valence electrons. The van der Waals surface area contributed by atoms with Gasteiger partial charge in [0, 0.05) is 23.7 Å². The Bertz CT molecular complexity index is 275. The van der Waals surface area contributed by atoms with Crippen LogP contribution in [0.25, 0.3) is 0 Å². The smallest absolute Gasteiger partial charge is 0.0794 e. The molecular formula is C11H18N2S. The molecule has 0 radical (unpaired) electrons. The van der Waals surface area contributed by atoms with Gasteiger partial charge in [0.2, 0.25) is 0 Å². The molecule has 0 atom stereocenters. The van der Waals surface area contributed by atoms with E-state index >= 15 is 0 Å². The molecule has 2 rings (SSSR count). The topological polar surface area (TPSA) is 24.9 Å². The highest BCUT2D eigenvalue weighted by Gasteiger charge is 2.42. The maximum Gasteiger partial charge on any atom is 0.0794 e. The molecule has 1 aliphatic carbocycles. The van der Waals surface area contributed by atoms with Crippen molar-refractivity contribution in [1.29, 1.82) is 0 Å². The van der Waals surface area contributed by atoms with E-state index in [9.17, 15) is 0 Å². The molecule has 0 amide bonds. The van der Waals surface area contributed by atoms with E-state index in [0.29, 0.717) is 11.5 Å². The first-order valence-corrected chi connectivity index (χ1v) is 6.19. The maximum atomic E-state index is 4.13. The highest BCUT2D eigenvalue weighted by molar-refractivity contribution is 7.09. The van der Waals surface area contributed by atoms with Crippen LogP contribution in [0.2, 0.25) is 0 Å². The summed E-state index contributed by atoms with van der Waals surface area (Å²) in [4.78, 5) is 5.57. The van der Waals surface area contributed by atoms with Gasteiger partial charge in [0.1, 0.15) is 0 Å². The van der Waals surface area contributed by atoms with E-state index in [1.54, 1.807) is 11.3 Å². The summed E-state index contributed by atoms with van der Waals surface area (Å²) in [5, 5.41) is 3.54. The number of thiazole rings is 1. The Morgan fingerprint density at radius 3 is 2.86 bits per heavy atom. The number of aromatic nitrogens is 1. The molecule has 1 saturated carbocycles. The first-order valence-electron chi connectivity index (χ1n) is 5.31. The van der Waals surface area contributed by atoms with E-state index in [2.05, 4.69) is 24.1 Å². The van der Waals surface area contributed by atoms with Crippen molar-refractivity contribution in [3.8, 4) is 0 Å². The Labute approximate surface area is 89.8 Å². The van der Waals surface area contributed by atoms with Crippen LogP contribution in [0.15, 0.2) is 11.7 Å². The Morgan fingerprint density at radius 1 is 1.57 bits per heavy atom. The Morgan fingerprint density at radius 2 is 2.36 bits per heavy atom. The highest BCUT2D eigenvalue weighted by atomic mass is 32.1. The molecule has 0 spiro atoms. The van der Waals surface area contributed by atoms with E-state index in [1.807, 2.05) is 11.7 Å². The molecule has 0 aliphatic heterocycles. The van der Waals surface area contributed by atoms with Gasteiger partial charge in [-0.25, -0.2) is 0 Å². The molecule has 14 heavy (non-hydrogen) atoms. The largest absolute Gasteiger partial charge is 0.314 e. The quantitative estimate of drug-likeness (QED) is 0.807. The lowest BCUT2D eigenvalue weighted by molar-refractivity contribution is 0.431. The minimum absolute atomic E-state index is 0.566. The molecule has 1 fully saturated rings. The van der Waals surface area contributed by atoms with Gasteiger partial charge in [-0.15, -0.1) is 11.3 Å². The third kappa shape index (κ3) is 2.55. The lowest BCUT2D eigenvalue weighted by Crippen LogP contribution is -2.30. The van der Waals surface area contributed by atoms with Crippen molar-refractivity contribution in [3.63, 3.8) is 0 Å². The zero-order valence-electron chi connectivity index (χ0n) is 8.92. The van der Waals surface area contributed by atoms with Crippen LogP contribution in [0, 0.1) is 5.41 Å². The lowest BCUT2D eigenvalue weighted by atomic mass is 10.0. The number of hydrogen-bond donors (Lipinski definition) is 1. The third-order valence-electron chi connectivity index (χ3n) is 2.88. The van der Waals surface area contributed by atoms with Gasteiger partial charge in [0.25, 0.3) is 0 Å². The second-order valence-electron chi connectivity index (χ2n) is 4.68. The summed E-state index contributed by atoms with van der Waals surface area (Å²) < 4.78 is 0. The van der Waals surface area contributed by atoms with Gasteiger partial charge in [-0.3, -0.25) is 4.98 Å². The van der Waals surface area contributed by atoms with Crippen molar-refractivity contribution in [2.24, 2.45) is 5.41 Å². The molecule has 0 aromatic carbocycles. The molecule has 1 aromatic rings. The third-order valence-corrected chi connectivity index (χ3v) is 3.65. The van der Waals surface area contributed by atoms with Crippen LogP contribution in [-0.2, 0) is 6.42 Å². The molecule has 1 N–H and O–H groups in total. The van der Waals surface area contributed by atoms with E-state index in [0.717, 1.165) is 0 Å². The number of nitrogens with zero attached hydrogens (tertiary/aromatic N) is 1. The van der Waals surface area contributed by atoms with Crippen molar-refractivity contribution in [3.05, 3.63) is 16.6 Å². The fourth-order valence-electron chi connectivity index (χ4n) is 1.71. The molecule has 3 heteroatoms. The molecular weight excluding hydrogens is 192 g/mol. The molecule has 1 heterocycles. The first-order chi connectivity index (χ1) is 6.70. The number of nitrogens with one attached hydrogen (secondary N) is 1. The summed E-state index contributed by atoms with van der Waals surface area (Å²) in [5.74, 6) is 0. The predicted molar refractivity (Wildman–Crippen MR) is 60.6 cm³/mol. The molecule has 0 saturated heterocycles. The summed E-state index contributed by atoms with van der Waals surface area (Å²) in [6.45, 7) is 5.59. The predicted octanol–water partition coefficient (Wildman–Crippen LogP) is 2.46.